The van der Waals surface area contributed by atoms with Crippen molar-refractivity contribution in [1.82, 2.24) is 15.2 Å². The monoisotopic (exact) mass is 389 g/mol. The van der Waals surface area contributed by atoms with E-state index in [0.717, 1.165) is 38.3 Å². The van der Waals surface area contributed by atoms with Crippen molar-refractivity contribution in [2.75, 3.05) is 10.6 Å². The van der Waals surface area contributed by atoms with Gasteiger partial charge in [-0.3, -0.25) is 14.7 Å². The minimum Gasteiger partial charge on any atom is -0.326 e. The van der Waals surface area contributed by atoms with Gasteiger partial charge in [0, 0.05) is 16.5 Å². The van der Waals surface area contributed by atoms with Crippen molar-refractivity contribution in [3.63, 3.8) is 0 Å². The molecule has 0 radical (unpaired) electrons. The Balaban J connectivity index is 1.60. The van der Waals surface area contributed by atoms with Gasteiger partial charge < -0.3 is 10.6 Å². The first kappa shape index (κ1) is 16.6. The van der Waals surface area contributed by atoms with E-state index in [-0.39, 0.29) is 11.8 Å². The Bertz CT molecular complexity index is 1260. The minimum atomic E-state index is -0.265. The van der Waals surface area contributed by atoms with Crippen molar-refractivity contribution in [3.05, 3.63) is 58.2 Å². The van der Waals surface area contributed by atoms with Crippen LogP contribution in [0.3, 0.4) is 0 Å². The van der Waals surface area contributed by atoms with Gasteiger partial charge in [-0.1, -0.05) is 12.1 Å². The number of benzene rings is 2. The molecule has 0 aliphatic carbocycles. The number of H-pyrrole nitrogens is 1. The summed E-state index contributed by atoms with van der Waals surface area (Å²) in [6.07, 6.45) is 2.02. The van der Waals surface area contributed by atoms with Gasteiger partial charge in [-0.2, -0.15) is 5.10 Å². The molecule has 0 atom stereocenters. The summed E-state index contributed by atoms with van der Waals surface area (Å²) >= 11 is 1.43. The number of aryl methyl sites for hydroxylation is 1. The molecule has 0 bridgehead atoms. The number of hydrogen-bond donors (Lipinski definition) is 3. The third kappa shape index (κ3) is 2.74. The first-order valence-corrected chi connectivity index (χ1v) is 9.59. The van der Waals surface area contributed by atoms with Crippen LogP contribution in [0.25, 0.3) is 22.0 Å². The Morgan fingerprint density at radius 2 is 2.18 bits per heavy atom. The highest BCUT2D eigenvalue weighted by molar-refractivity contribution is 7.09. The number of rotatable bonds is 3. The molecule has 0 saturated heterocycles. The molecule has 3 N–H and O–H groups in total. The van der Waals surface area contributed by atoms with Gasteiger partial charge in [0.25, 0.3) is 5.91 Å². The summed E-state index contributed by atoms with van der Waals surface area (Å²) in [6, 6.07) is 9.67. The second-order valence-electron chi connectivity index (χ2n) is 6.62. The van der Waals surface area contributed by atoms with E-state index in [1.807, 2.05) is 37.3 Å². The Kier molecular flexibility index (Phi) is 3.73. The second kappa shape index (κ2) is 6.28. The van der Waals surface area contributed by atoms with E-state index in [1.165, 1.54) is 11.3 Å². The van der Waals surface area contributed by atoms with Crippen LogP contribution in [-0.4, -0.2) is 27.0 Å². The number of hydrogen-bond acceptors (Lipinski definition) is 5. The predicted molar refractivity (Wildman–Crippen MR) is 109 cm³/mol. The van der Waals surface area contributed by atoms with Gasteiger partial charge in [0.05, 0.1) is 28.8 Å². The van der Waals surface area contributed by atoms with Crippen LogP contribution in [0.2, 0.25) is 0 Å². The third-order valence-corrected chi connectivity index (χ3v) is 5.53. The van der Waals surface area contributed by atoms with Crippen LogP contribution in [0.4, 0.5) is 11.4 Å². The summed E-state index contributed by atoms with van der Waals surface area (Å²) in [5.41, 5.74) is 5.47. The predicted octanol–water partition coefficient (Wildman–Crippen LogP) is 3.74. The van der Waals surface area contributed by atoms with Crippen molar-refractivity contribution in [1.29, 1.82) is 0 Å². The molecule has 7 nitrogen and oxygen atoms in total. The number of aromatic nitrogens is 3. The zero-order chi connectivity index (χ0) is 19.3. The molecule has 2 aromatic carbocycles. The van der Waals surface area contributed by atoms with E-state index >= 15 is 0 Å². The molecule has 5 rings (SSSR count). The minimum absolute atomic E-state index is 0.0162. The molecular formula is C20H15N5O2S. The highest BCUT2D eigenvalue weighted by Gasteiger charge is 2.22. The molecule has 2 amide bonds. The molecule has 0 spiro atoms. The van der Waals surface area contributed by atoms with Crippen LogP contribution >= 0.6 is 11.3 Å². The van der Waals surface area contributed by atoms with E-state index in [4.69, 9.17) is 0 Å². The molecule has 1 aliphatic rings. The van der Waals surface area contributed by atoms with Crippen LogP contribution in [0.5, 0.6) is 0 Å². The highest BCUT2D eigenvalue weighted by atomic mass is 32.1. The fraction of sp³-hybridized carbons (Fsp3) is 0.100. The lowest BCUT2D eigenvalue weighted by Gasteiger charge is -2.11. The number of nitrogens with zero attached hydrogens (tertiary/aromatic N) is 2. The van der Waals surface area contributed by atoms with Gasteiger partial charge >= 0.3 is 0 Å². The van der Waals surface area contributed by atoms with E-state index in [9.17, 15) is 9.59 Å². The molecule has 2 aromatic heterocycles. The molecular weight excluding hydrogens is 374 g/mol. The Morgan fingerprint density at radius 1 is 1.29 bits per heavy atom. The number of fused-ring (bicyclic) bond motifs is 2. The van der Waals surface area contributed by atoms with E-state index < -0.39 is 0 Å². The topological polar surface area (TPSA) is 99.8 Å². The largest absolute Gasteiger partial charge is 0.326 e. The fourth-order valence-electron chi connectivity index (χ4n) is 3.48. The summed E-state index contributed by atoms with van der Waals surface area (Å²) in [5.74, 6) is -0.281. The van der Waals surface area contributed by atoms with Crippen molar-refractivity contribution in [3.8, 4) is 11.1 Å². The number of thiazole rings is 1. The average molecular weight is 389 g/mol. The number of amides is 2. The molecule has 138 valence electrons. The molecule has 0 saturated carbocycles. The van der Waals surface area contributed by atoms with Crippen molar-refractivity contribution in [2.24, 2.45) is 0 Å². The van der Waals surface area contributed by atoms with Crippen LogP contribution in [0.15, 0.2) is 41.9 Å². The quantitative estimate of drug-likeness (QED) is 0.497. The lowest BCUT2D eigenvalue weighted by Crippen LogP contribution is -2.12. The van der Waals surface area contributed by atoms with Gasteiger partial charge in [-0.25, -0.2) is 4.98 Å². The number of aromatic amines is 1. The molecule has 8 heteroatoms. The second-order valence-corrected chi connectivity index (χ2v) is 7.68. The molecule has 28 heavy (non-hydrogen) atoms. The van der Waals surface area contributed by atoms with Crippen LogP contribution in [0, 0.1) is 6.92 Å². The Labute approximate surface area is 163 Å². The van der Waals surface area contributed by atoms with Gasteiger partial charge in [-0.15, -0.1) is 11.3 Å². The zero-order valence-electron chi connectivity index (χ0n) is 14.9. The maximum atomic E-state index is 12.6. The summed E-state index contributed by atoms with van der Waals surface area (Å²) < 4.78 is 0. The maximum Gasteiger partial charge on any atom is 0.275 e. The zero-order valence-corrected chi connectivity index (χ0v) is 15.7. The lowest BCUT2D eigenvalue weighted by atomic mass is 9.96. The highest BCUT2D eigenvalue weighted by Crippen LogP contribution is 2.36. The summed E-state index contributed by atoms with van der Waals surface area (Å²) in [5, 5.41) is 16.3. The van der Waals surface area contributed by atoms with Crippen molar-refractivity contribution < 1.29 is 9.59 Å². The summed E-state index contributed by atoms with van der Waals surface area (Å²) in [6.45, 7) is 1.86. The molecule has 0 unspecified atom stereocenters. The maximum absolute atomic E-state index is 12.6. The van der Waals surface area contributed by atoms with Crippen LogP contribution in [0.1, 0.15) is 21.1 Å². The summed E-state index contributed by atoms with van der Waals surface area (Å²) in [7, 11) is 0. The van der Waals surface area contributed by atoms with E-state index in [2.05, 4.69) is 25.8 Å². The van der Waals surface area contributed by atoms with Crippen molar-refractivity contribution >= 4 is 45.4 Å². The van der Waals surface area contributed by atoms with E-state index in [1.54, 1.807) is 11.6 Å². The Hall–Kier alpha value is -3.52. The molecule has 0 fully saturated rings. The first-order valence-electron chi connectivity index (χ1n) is 8.71. The molecule has 3 heterocycles. The number of nitrogens with one attached hydrogen (secondary N) is 3. The fourth-order valence-corrected chi connectivity index (χ4v) is 4.08. The van der Waals surface area contributed by atoms with Gasteiger partial charge in [-0.05, 0) is 41.8 Å². The summed E-state index contributed by atoms with van der Waals surface area (Å²) in [4.78, 5) is 28.7. The van der Waals surface area contributed by atoms with E-state index in [0.29, 0.717) is 17.8 Å². The van der Waals surface area contributed by atoms with Crippen LogP contribution < -0.4 is 10.6 Å². The number of carbonyl (C=O) groups excluding carboxylic acids is 2. The standard InChI is InChI=1S/C20H15N5O2S/c1-10-22-18(9-28-10)20(27)24-16-5-11(6-17-14(16)8-21-25-17)12-3-2-4-15-13(12)7-19(26)23-15/h2-6,8-9H,7H2,1H3,(H,21,25)(H,23,26)(H,24,27). The van der Waals surface area contributed by atoms with Crippen molar-refractivity contribution in [2.45, 2.75) is 13.3 Å². The van der Waals surface area contributed by atoms with Gasteiger partial charge in [0.15, 0.2) is 0 Å². The normalized spacial score (nSPS) is 12.8. The lowest BCUT2D eigenvalue weighted by molar-refractivity contribution is -0.115. The van der Waals surface area contributed by atoms with Gasteiger partial charge in [0.2, 0.25) is 5.91 Å². The third-order valence-electron chi connectivity index (χ3n) is 4.76. The van der Waals surface area contributed by atoms with Crippen LogP contribution in [-0.2, 0) is 11.2 Å². The van der Waals surface area contributed by atoms with Gasteiger partial charge in [0.1, 0.15) is 5.69 Å². The molecule has 1 aliphatic heterocycles. The molecule has 4 aromatic rings. The smallest absolute Gasteiger partial charge is 0.275 e. The number of anilines is 2. The first-order chi connectivity index (χ1) is 13.6. The number of carbonyl (C=O) groups is 2. The Morgan fingerprint density at radius 3 is 3.00 bits per heavy atom. The SMILES string of the molecule is Cc1nc(C(=O)Nc2cc(-c3cccc4c3CC(=O)N4)cc3[nH]ncc23)cs1. The average Bonchev–Trinajstić information content (AvgIpc) is 3.39.